The van der Waals surface area contributed by atoms with Crippen LogP contribution in [0.3, 0.4) is 0 Å². The molecule has 126 valence electrons. The molecule has 1 aromatic rings. The summed E-state index contributed by atoms with van der Waals surface area (Å²) in [5.41, 5.74) is 14.4. The van der Waals surface area contributed by atoms with Crippen LogP contribution in [-0.4, -0.2) is 24.7 Å². The Labute approximate surface area is 136 Å². The molecule has 0 aliphatic heterocycles. The van der Waals surface area contributed by atoms with Crippen LogP contribution in [0.2, 0.25) is 0 Å². The molecule has 0 aliphatic carbocycles. The molecule has 0 heterocycles. The van der Waals surface area contributed by atoms with Gasteiger partial charge in [-0.05, 0) is 57.3 Å². The van der Waals surface area contributed by atoms with Crippen molar-refractivity contribution in [2.75, 3.05) is 13.1 Å². The molecule has 1 aromatic carbocycles. The third-order valence-electron chi connectivity index (χ3n) is 4.14. The number of hydrogen-bond acceptors (Lipinski definition) is 4. The highest BCUT2D eigenvalue weighted by Crippen LogP contribution is 2.09. The van der Waals surface area contributed by atoms with Gasteiger partial charge in [-0.2, -0.15) is 0 Å². The Morgan fingerprint density at radius 3 is 2.00 bits per heavy atom. The first kappa shape index (κ1) is 19.1. The van der Waals surface area contributed by atoms with Crippen LogP contribution in [0, 0.1) is 0 Å². The molecule has 2 unspecified atom stereocenters. The zero-order chi connectivity index (χ0) is 16.4. The number of hydrogen-bond donors (Lipinski definition) is 4. The SMILES string of the molecule is CCC(C)(N)CCNCc1ccc(CNCCC(C)N)cc1. The third-order valence-corrected chi connectivity index (χ3v) is 4.14. The predicted octanol–water partition coefficient (Wildman–Crippen LogP) is 2.12. The Morgan fingerprint density at radius 1 is 1.05 bits per heavy atom. The quantitative estimate of drug-likeness (QED) is 0.472. The van der Waals surface area contributed by atoms with Gasteiger partial charge in [0.25, 0.3) is 0 Å². The topological polar surface area (TPSA) is 76.1 Å². The van der Waals surface area contributed by atoms with Crippen LogP contribution in [0.25, 0.3) is 0 Å². The van der Waals surface area contributed by atoms with Crippen molar-refractivity contribution in [3.63, 3.8) is 0 Å². The Balaban J connectivity index is 2.21. The van der Waals surface area contributed by atoms with Crippen molar-refractivity contribution in [1.82, 2.24) is 10.6 Å². The number of rotatable bonds is 11. The maximum absolute atomic E-state index is 6.14. The summed E-state index contributed by atoms with van der Waals surface area (Å²) in [4.78, 5) is 0. The number of nitrogens with one attached hydrogen (secondary N) is 2. The molecular weight excluding hydrogens is 272 g/mol. The number of nitrogens with two attached hydrogens (primary N) is 2. The molecule has 0 aromatic heterocycles. The van der Waals surface area contributed by atoms with Gasteiger partial charge >= 0.3 is 0 Å². The highest BCUT2D eigenvalue weighted by Gasteiger charge is 2.14. The van der Waals surface area contributed by atoms with E-state index in [1.807, 2.05) is 6.92 Å². The average molecular weight is 306 g/mol. The molecule has 0 spiro atoms. The van der Waals surface area contributed by atoms with Crippen LogP contribution in [-0.2, 0) is 13.1 Å². The molecule has 0 amide bonds. The molecule has 0 radical (unpaired) electrons. The minimum atomic E-state index is -0.0520. The van der Waals surface area contributed by atoms with Gasteiger partial charge < -0.3 is 22.1 Å². The third kappa shape index (κ3) is 8.49. The van der Waals surface area contributed by atoms with E-state index in [1.54, 1.807) is 0 Å². The van der Waals surface area contributed by atoms with Crippen molar-refractivity contribution in [1.29, 1.82) is 0 Å². The van der Waals surface area contributed by atoms with Crippen molar-refractivity contribution >= 4 is 0 Å². The maximum Gasteiger partial charge on any atom is 0.0205 e. The fourth-order valence-corrected chi connectivity index (χ4v) is 2.12. The molecule has 0 fully saturated rings. The lowest BCUT2D eigenvalue weighted by Crippen LogP contribution is -2.38. The molecule has 0 aliphatic rings. The van der Waals surface area contributed by atoms with Gasteiger partial charge in [-0.15, -0.1) is 0 Å². The normalized spacial score (nSPS) is 15.5. The summed E-state index contributed by atoms with van der Waals surface area (Å²) in [5.74, 6) is 0. The summed E-state index contributed by atoms with van der Waals surface area (Å²) in [5, 5.41) is 6.89. The van der Waals surface area contributed by atoms with E-state index in [1.165, 1.54) is 11.1 Å². The Hall–Kier alpha value is -0.940. The van der Waals surface area contributed by atoms with E-state index < -0.39 is 0 Å². The van der Waals surface area contributed by atoms with Crippen LogP contribution < -0.4 is 22.1 Å². The monoisotopic (exact) mass is 306 g/mol. The van der Waals surface area contributed by atoms with Crippen molar-refractivity contribution in [3.05, 3.63) is 35.4 Å². The molecule has 1 rings (SSSR count). The summed E-state index contributed by atoms with van der Waals surface area (Å²) >= 11 is 0. The van der Waals surface area contributed by atoms with Crippen molar-refractivity contribution < 1.29 is 0 Å². The van der Waals surface area contributed by atoms with E-state index in [0.717, 1.165) is 45.4 Å². The first-order valence-corrected chi connectivity index (χ1v) is 8.46. The number of benzene rings is 1. The zero-order valence-electron chi connectivity index (χ0n) is 14.5. The van der Waals surface area contributed by atoms with Gasteiger partial charge in [0.1, 0.15) is 0 Å². The predicted molar refractivity (Wildman–Crippen MR) is 95.6 cm³/mol. The van der Waals surface area contributed by atoms with E-state index in [0.29, 0.717) is 0 Å². The largest absolute Gasteiger partial charge is 0.328 e. The highest BCUT2D eigenvalue weighted by molar-refractivity contribution is 5.22. The van der Waals surface area contributed by atoms with Crippen LogP contribution in [0.4, 0.5) is 0 Å². The smallest absolute Gasteiger partial charge is 0.0205 e. The molecule has 6 N–H and O–H groups in total. The fourth-order valence-electron chi connectivity index (χ4n) is 2.12. The van der Waals surface area contributed by atoms with Crippen molar-refractivity contribution in [2.45, 2.75) is 64.7 Å². The van der Waals surface area contributed by atoms with E-state index in [9.17, 15) is 0 Å². The minimum Gasteiger partial charge on any atom is -0.328 e. The average Bonchev–Trinajstić information content (AvgIpc) is 2.49. The van der Waals surface area contributed by atoms with E-state index in [2.05, 4.69) is 48.7 Å². The maximum atomic E-state index is 6.14. The summed E-state index contributed by atoms with van der Waals surface area (Å²) in [6.45, 7) is 10.0. The molecule has 4 heteroatoms. The summed E-state index contributed by atoms with van der Waals surface area (Å²) in [6, 6.07) is 9.03. The van der Waals surface area contributed by atoms with Gasteiger partial charge in [0.05, 0.1) is 0 Å². The Morgan fingerprint density at radius 2 is 1.55 bits per heavy atom. The summed E-state index contributed by atoms with van der Waals surface area (Å²) in [7, 11) is 0. The molecule has 2 atom stereocenters. The van der Waals surface area contributed by atoms with Gasteiger partial charge in [-0.25, -0.2) is 0 Å². The molecule has 0 saturated carbocycles. The lowest BCUT2D eigenvalue weighted by atomic mass is 9.96. The first-order chi connectivity index (χ1) is 10.4. The van der Waals surface area contributed by atoms with Gasteiger partial charge in [0.2, 0.25) is 0 Å². The van der Waals surface area contributed by atoms with Crippen LogP contribution >= 0.6 is 0 Å². The first-order valence-electron chi connectivity index (χ1n) is 8.46. The molecule has 22 heavy (non-hydrogen) atoms. The summed E-state index contributed by atoms with van der Waals surface area (Å²) < 4.78 is 0. The zero-order valence-corrected chi connectivity index (χ0v) is 14.5. The highest BCUT2D eigenvalue weighted by atomic mass is 14.9. The van der Waals surface area contributed by atoms with Crippen LogP contribution in [0.5, 0.6) is 0 Å². The molecule has 0 bridgehead atoms. The van der Waals surface area contributed by atoms with Crippen molar-refractivity contribution in [3.8, 4) is 0 Å². The lowest BCUT2D eigenvalue weighted by molar-refractivity contribution is 0.405. The van der Waals surface area contributed by atoms with Gasteiger partial charge in [-0.3, -0.25) is 0 Å². The van der Waals surface area contributed by atoms with E-state index >= 15 is 0 Å². The second-order valence-corrected chi connectivity index (χ2v) is 6.69. The molecule has 4 nitrogen and oxygen atoms in total. The second-order valence-electron chi connectivity index (χ2n) is 6.69. The van der Waals surface area contributed by atoms with E-state index in [4.69, 9.17) is 11.5 Å². The van der Waals surface area contributed by atoms with Crippen molar-refractivity contribution in [2.24, 2.45) is 11.5 Å². The minimum absolute atomic E-state index is 0.0520. The molecule has 0 saturated heterocycles. The standard InChI is InChI=1S/C18H34N4/c1-4-18(3,20)10-12-22-14-17-7-5-16(6-8-17)13-21-11-9-15(2)19/h5-8,15,21-22H,4,9-14,19-20H2,1-3H3. The van der Waals surface area contributed by atoms with E-state index in [-0.39, 0.29) is 11.6 Å². The Kier molecular flexibility index (Phi) is 8.64. The van der Waals surface area contributed by atoms with Gasteiger partial charge in [-0.1, -0.05) is 31.2 Å². The second kappa shape index (κ2) is 9.95. The van der Waals surface area contributed by atoms with Crippen LogP contribution in [0.15, 0.2) is 24.3 Å². The molecular formula is C18H34N4. The lowest BCUT2D eigenvalue weighted by Gasteiger charge is -2.22. The van der Waals surface area contributed by atoms with Gasteiger partial charge in [0.15, 0.2) is 0 Å². The van der Waals surface area contributed by atoms with Crippen LogP contribution in [0.1, 0.15) is 51.2 Å². The van der Waals surface area contributed by atoms with Gasteiger partial charge in [0, 0.05) is 24.7 Å². The summed E-state index contributed by atoms with van der Waals surface area (Å²) in [6.07, 6.45) is 3.03. The Bertz CT molecular complexity index is 398. The fraction of sp³-hybridized carbons (Fsp3) is 0.667.